The molecule has 2 aliphatic rings. The Bertz CT molecular complexity index is 1070. The maximum atomic E-state index is 6.09. The molecule has 0 saturated carbocycles. The van der Waals surface area contributed by atoms with Crippen LogP contribution in [0, 0.1) is 0 Å². The van der Waals surface area contributed by atoms with Gasteiger partial charge >= 0.3 is 0 Å². The van der Waals surface area contributed by atoms with E-state index >= 15 is 0 Å². The van der Waals surface area contributed by atoms with Gasteiger partial charge in [-0.2, -0.15) is 0 Å². The third kappa shape index (κ3) is 5.74. The molecule has 4 heteroatoms. The first kappa shape index (κ1) is 22.8. The van der Waals surface area contributed by atoms with E-state index in [2.05, 4.69) is 70.5 Å². The number of piperazine rings is 1. The maximum absolute atomic E-state index is 6.09. The lowest BCUT2D eigenvalue weighted by atomic mass is 9.92. The fourth-order valence-corrected chi connectivity index (χ4v) is 5.09. The number of benzene rings is 3. The molecule has 0 radical (unpaired) electrons. The number of fused-ring (bicyclic) bond motifs is 1. The van der Waals surface area contributed by atoms with Crippen LogP contribution in [0.1, 0.15) is 35.1 Å². The Labute approximate surface area is 204 Å². The quantitative estimate of drug-likeness (QED) is 0.446. The van der Waals surface area contributed by atoms with Crippen LogP contribution in [0.5, 0.6) is 11.5 Å². The van der Waals surface area contributed by atoms with E-state index in [4.69, 9.17) is 9.47 Å². The lowest BCUT2D eigenvalue weighted by Gasteiger charge is -2.36. The van der Waals surface area contributed by atoms with Crippen molar-refractivity contribution in [3.63, 3.8) is 0 Å². The summed E-state index contributed by atoms with van der Waals surface area (Å²) in [5.41, 5.74) is 6.86. The summed E-state index contributed by atoms with van der Waals surface area (Å²) in [5, 5.41) is 0. The first-order valence-electron chi connectivity index (χ1n) is 12.7. The molecule has 1 heterocycles. The highest BCUT2D eigenvalue weighted by atomic mass is 16.5. The van der Waals surface area contributed by atoms with Crippen molar-refractivity contribution in [3.8, 4) is 11.5 Å². The number of rotatable bonds is 8. The van der Waals surface area contributed by atoms with Crippen LogP contribution in [0.4, 0.5) is 5.69 Å². The van der Waals surface area contributed by atoms with Crippen LogP contribution in [-0.2, 0) is 25.9 Å². The molecule has 1 saturated heterocycles. The van der Waals surface area contributed by atoms with Crippen molar-refractivity contribution < 1.29 is 9.47 Å². The molecular weight excluding hydrogens is 420 g/mol. The number of nitrogens with zero attached hydrogens (tertiary/aromatic N) is 2. The van der Waals surface area contributed by atoms with Gasteiger partial charge in [0, 0.05) is 44.5 Å². The fourth-order valence-electron chi connectivity index (χ4n) is 5.09. The van der Waals surface area contributed by atoms with Gasteiger partial charge in [0.2, 0.25) is 0 Å². The van der Waals surface area contributed by atoms with Crippen LogP contribution >= 0.6 is 0 Å². The molecule has 5 rings (SSSR count). The number of ether oxygens (including phenoxy) is 2. The summed E-state index contributed by atoms with van der Waals surface area (Å²) >= 11 is 0. The summed E-state index contributed by atoms with van der Waals surface area (Å²) in [6.07, 6.45) is 6.12. The van der Waals surface area contributed by atoms with Gasteiger partial charge in [0.25, 0.3) is 0 Å². The van der Waals surface area contributed by atoms with Crippen molar-refractivity contribution in [1.29, 1.82) is 0 Å². The van der Waals surface area contributed by atoms with Crippen molar-refractivity contribution in [1.82, 2.24) is 4.90 Å². The molecule has 1 aliphatic heterocycles. The SMILES string of the molecule is COc1cccc(N2CCN(CCc3ccc(COc4ccc5c(c4)CCCC5)cc3)CC2)c1. The van der Waals surface area contributed by atoms with Crippen LogP contribution in [-0.4, -0.2) is 44.7 Å². The molecule has 1 aliphatic carbocycles. The van der Waals surface area contributed by atoms with Gasteiger partial charge in [-0.25, -0.2) is 0 Å². The van der Waals surface area contributed by atoms with E-state index in [9.17, 15) is 0 Å². The normalized spacial score (nSPS) is 16.2. The number of aryl methyl sites for hydroxylation is 2. The van der Waals surface area contributed by atoms with E-state index in [1.54, 1.807) is 7.11 Å². The van der Waals surface area contributed by atoms with E-state index in [1.165, 1.54) is 53.6 Å². The zero-order valence-corrected chi connectivity index (χ0v) is 20.3. The Morgan fingerprint density at radius 3 is 2.29 bits per heavy atom. The van der Waals surface area contributed by atoms with Gasteiger partial charge in [0.05, 0.1) is 7.11 Å². The maximum Gasteiger partial charge on any atom is 0.120 e. The molecule has 0 spiro atoms. The van der Waals surface area contributed by atoms with Gasteiger partial charge in [-0.15, -0.1) is 0 Å². The highest BCUT2D eigenvalue weighted by Gasteiger charge is 2.17. The van der Waals surface area contributed by atoms with Crippen LogP contribution in [0.25, 0.3) is 0 Å². The monoisotopic (exact) mass is 456 g/mol. The first-order chi connectivity index (χ1) is 16.8. The first-order valence-corrected chi connectivity index (χ1v) is 12.7. The molecule has 3 aromatic rings. The zero-order chi connectivity index (χ0) is 23.2. The third-order valence-corrected chi connectivity index (χ3v) is 7.26. The van der Waals surface area contributed by atoms with E-state index in [1.807, 2.05) is 6.07 Å². The van der Waals surface area contributed by atoms with E-state index in [0.29, 0.717) is 6.61 Å². The zero-order valence-electron chi connectivity index (χ0n) is 20.3. The second kappa shape index (κ2) is 11.0. The molecule has 0 bridgehead atoms. The summed E-state index contributed by atoms with van der Waals surface area (Å²) in [4.78, 5) is 5.03. The molecule has 178 valence electrons. The lowest BCUT2D eigenvalue weighted by Crippen LogP contribution is -2.47. The molecule has 3 aromatic carbocycles. The highest BCUT2D eigenvalue weighted by molar-refractivity contribution is 5.51. The number of hydrogen-bond donors (Lipinski definition) is 0. The Hall–Kier alpha value is -2.98. The van der Waals surface area contributed by atoms with E-state index in [0.717, 1.165) is 50.6 Å². The summed E-state index contributed by atoms with van der Waals surface area (Å²) < 4.78 is 11.5. The predicted octanol–water partition coefficient (Wildman–Crippen LogP) is 5.52. The summed E-state index contributed by atoms with van der Waals surface area (Å²) in [5.74, 6) is 1.93. The van der Waals surface area contributed by atoms with Gasteiger partial charge in [-0.3, -0.25) is 4.90 Å². The van der Waals surface area contributed by atoms with Gasteiger partial charge in [0.15, 0.2) is 0 Å². The van der Waals surface area contributed by atoms with Crippen LogP contribution in [0.2, 0.25) is 0 Å². The van der Waals surface area contributed by atoms with Gasteiger partial charge in [-0.05, 0) is 78.6 Å². The number of anilines is 1. The summed E-state index contributed by atoms with van der Waals surface area (Å²) in [6.45, 7) is 6.06. The summed E-state index contributed by atoms with van der Waals surface area (Å²) in [6, 6.07) is 24.0. The molecule has 34 heavy (non-hydrogen) atoms. The predicted molar refractivity (Wildman–Crippen MR) is 139 cm³/mol. The number of methoxy groups -OCH3 is 1. The smallest absolute Gasteiger partial charge is 0.120 e. The Balaban J connectivity index is 1.06. The molecule has 0 aromatic heterocycles. The Morgan fingerprint density at radius 2 is 1.50 bits per heavy atom. The molecule has 4 nitrogen and oxygen atoms in total. The molecule has 0 unspecified atom stereocenters. The average Bonchev–Trinajstić information content (AvgIpc) is 2.91. The van der Waals surface area contributed by atoms with Crippen molar-refractivity contribution >= 4 is 5.69 Å². The van der Waals surface area contributed by atoms with Gasteiger partial charge in [0.1, 0.15) is 18.1 Å². The van der Waals surface area contributed by atoms with Crippen molar-refractivity contribution in [2.45, 2.75) is 38.7 Å². The Morgan fingerprint density at radius 1 is 0.735 bits per heavy atom. The van der Waals surface area contributed by atoms with Crippen LogP contribution < -0.4 is 14.4 Å². The molecule has 0 N–H and O–H groups in total. The largest absolute Gasteiger partial charge is 0.497 e. The minimum Gasteiger partial charge on any atom is -0.497 e. The van der Waals surface area contributed by atoms with Crippen molar-refractivity contribution in [3.05, 3.63) is 89.0 Å². The number of hydrogen-bond acceptors (Lipinski definition) is 4. The Kier molecular flexibility index (Phi) is 7.35. The lowest BCUT2D eigenvalue weighted by molar-refractivity contribution is 0.261. The summed E-state index contributed by atoms with van der Waals surface area (Å²) in [7, 11) is 1.73. The minimum absolute atomic E-state index is 0.630. The van der Waals surface area contributed by atoms with Gasteiger partial charge in [-0.1, -0.05) is 36.4 Å². The highest BCUT2D eigenvalue weighted by Crippen LogP contribution is 2.26. The molecule has 0 atom stereocenters. The second-order valence-electron chi connectivity index (χ2n) is 9.52. The van der Waals surface area contributed by atoms with Gasteiger partial charge < -0.3 is 14.4 Å². The standard InChI is InChI=1S/C30H36N2O2/c1-33-29-8-4-7-28(22-29)32-19-17-31(18-20-32)16-15-24-9-11-25(12-10-24)23-34-30-14-13-26-5-2-3-6-27(26)21-30/h4,7-14,21-22H,2-3,5-6,15-20,23H2,1H3. The fraction of sp³-hybridized carbons (Fsp3) is 0.400. The average molecular weight is 457 g/mol. The van der Waals surface area contributed by atoms with Crippen molar-refractivity contribution in [2.24, 2.45) is 0 Å². The van der Waals surface area contributed by atoms with E-state index < -0.39 is 0 Å². The topological polar surface area (TPSA) is 24.9 Å². The molecular formula is C30H36N2O2. The molecule has 1 fully saturated rings. The molecule has 0 amide bonds. The second-order valence-corrected chi connectivity index (χ2v) is 9.52. The third-order valence-electron chi connectivity index (χ3n) is 7.26. The van der Waals surface area contributed by atoms with Crippen molar-refractivity contribution in [2.75, 3.05) is 44.7 Å². The minimum atomic E-state index is 0.630. The van der Waals surface area contributed by atoms with Crippen LogP contribution in [0.3, 0.4) is 0 Å². The van der Waals surface area contributed by atoms with Crippen LogP contribution in [0.15, 0.2) is 66.7 Å². The van der Waals surface area contributed by atoms with E-state index in [-0.39, 0.29) is 0 Å².